The molecule has 8 heteroatoms. The van der Waals surface area contributed by atoms with Gasteiger partial charge in [-0.3, -0.25) is 10.0 Å². The molecular formula is C19H22N2O5S. The van der Waals surface area contributed by atoms with Crippen LogP contribution in [0.25, 0.3) is 0 Å². The summed E-state index contributed by atoms with van der Waals surface area (Å²) >= 11 is 0. The number of rotatable bonds is 6. The van der Waals surface area contributed by atoms with Crippen LogP contribution in [-0.2, 0) is 14.6 Å². The fraction of sp³-hybridized carbons (Fsp3) is 0.316. The highest BCUT2D eigenvalue weighted by atomic mass is 32.2. The van der Waals surface area contributed by atoms with Crippen molar-refractivity contribution in [2.24, 2.45) is 0 Å². The van der Waals surface area contributed by atoms with Crippen LogP contribution in [0.1, 0.15) is 19.3 Å². The first-order valence-corrected chi connectivity index (χ1v) is 10.2. The zero-order valence-electron chi connectivity index (χ0n) is 14.7. The molecule has 0 saturated carbocycles. The van der Waals surface area contributed by atoms with Gasteiger partial charge in [0.05, 0.1) is 9.64 Å². The molecule has 2 aromatic rings. The zero-order chi connectivity index (χ0) is 19.3. The molecule has 1 aliphatic heterocycles. The van der Waals surface area contributed by atoms with Gasteiger partial charge >= 0.3 is 0 Å². The second-order valence-corrected chi connectivity index (χ2v) is 8.88. The zero-order valence-corrected chi connectivity index (χ0v) is 15.5. The van der Waals surface area contributed by atoms with Crippen molar-refractivity contribution in [3.05, 3.63) is 54.6 Å². The Morgan fingerprint density at radius 1 is 1.04 bits per heavy atom. The van der Waals surface area contributed by atoms with E-state index in [2.05, 4.69) is 5.32 Å². The van der Waals surface area contributed by atoms with Crippen molar-refractivity contribution in [1.29, 1.82) is 0 Å². The molecule has 0 aliphatic carbocycles. The van der Waals surface area contributed by atoms with Crippen LogP contribution < -0.4 is 15.5 Å². The predicted molar refractivity (Wildman–Crippen MR) is 99.5 cm³/mol. The van der Waals surface area contributed by atoms with Crippen LogP contribution in [-0.4, -0.2) is 37.4 Å². The van der Waals surface area contributed by atoms with Crippen molar-refractivity contribution in [2.45, 2.75) is 28.9 Å². The molecule has 0 unspecified atom stereocenters. The molecule has 2 aromatic carbocycles. The maximum Gasteiger partial charge on any atom is 0.244 e. The normalized spacial score (nSPS) is 16.5. The Morgan fingerprint density at radius 3 is 2.22 bits per heavy atom. The van der Waals surface area contributed by atoms with E-state index in [1.54, 1.807) is 17.6 Å². The first kappa shape index (κ1) is 19.3. The minimum absolute atomic E-state index is 0.135. The van der Waals surface area contributed by atoms with E-state index in [4.69, 9.17) is 9.94 Å². The van der Waals surface area contributed by atoms with Gasteiger partial charge in [0.1, 0.15) is 11.5 Å². The molecule has 7 nitrogen and oxygen atoms in total. The third kappa shape index (κ3) is 4.13. The largest absolute Gasteiger partial charge is 0.457 e. The minimum Gasteiger partial charge on any atom is -0.457 e. The Morgan fingerprint density at radius 2 is 1.63 bits per heavy atom. The predicted octanol–water partition coefficient (Wildman–Crippen LogP) is 2.27. The number of hydrogen-bond donors (Lipinski definition) is 3. The molecule has 1 aliphatic rings. The molecule has 0 radical (unpaired) electrons. The van der Waals surface area contributed by atoms with Gasteiger partial charge in [-0.25, -0.2) is 13.9 Å². The summed E-state index contributed by atoms with van der Waals surface area (Å²) in [4.78, 5) is 11.9. The molecule has 27 heavy (non-hydrogen) atoms. The number of piperidine rings is 1. The van der Waals surface area contributed by atoms with Crippen LogP contribution in [0.2, 0.25) is 0 Å². The van der Waals surface area contributed by atoms with Crippen molar-refractivity contribution >= 4 is 15.7 Å². The van der Waals surface area contributed by atoms with Gasteiger partial charge in [0, 0.05) is 6.42 Å². The third-order valence-electron chi connectivity index (χ3n) is 4.81. The Hall–Kier alpha value is -2.42. The van der Waals surface area contributed by atoms with Crippen LogP contribution >= 0.6 is 0 Å². The number of nitrogens with one attached hydrogen (secondary N) is 2. The smallest absolute Gasteiger partial charge is 0.244 e. The molecule has 0 bridgehead atoms. The molecule has 1 saturated heterocycles. The Kier molecular flexibility index (Phi) is 5.79. The van der Waals surface area contributed by atoms with E-state index in [-0.39, 0.29) is 11.3 Å². The van der Waals surface area contributed by atoms with Crippen LogP contribution in [0.15, 0.2) is 59.5 Å². The van der Waals surface area contributed by atoms with Gasteiger partial charge in [0.15, 0.2) is 9.84 Å². The molecular weight excluding hydrogens is 368 g/mol. The fourth-order valence-electron chi connectivity index (χ4n) is 3.32. The van der Waals surface area contributed by atoms with E-state index in [0.717, 1.165) is 0 Å². The van der Waals surface area contributed by atoms with E-state index >= 15 is 0 Å². The molecule has 144 valence electrons. The van der Waals surface area contributed by atoms with E-state index in [1.807, 2.05) is 30.3 Å². The summed E-state index contributed by atoms with van der Waals surface area (Å²) in [6.45, 7) is 0.986. The number of hydroxylamine groups is 1. The monoisotopic (exact) mass is 390 g/mol. The van der Waals surface area contributed by atoms with Gasteiger partial charge in [-0.05, 0) is 62.3 Å². The van der Waals surface area contributed by atoms with E-state index in [1.165, 1.54) is 12.1 Å². The average molecular weight is 390 g/mol. The van der Waals surface area contributed by atoms with Crippen LogP contribution in [0.4, 0.5) is 0 Å². The molecule has 0 aromatic heterocycles. The number of carbonyl (C=O) groups excluding carboxylic acids is 1. The molecule has 0 atom stereocenters. The maximum absolute atomic E-state index is 13.3. The van der Waals surface area contributed by atoms with Crippen molar-refractivity contribution in [1.82, 2.24) is 10.8 Å². The van der Waals surface area contributed by atoms with E-state index in [9.17, 15) is 13.2 Å². The first-order chi connectivity index (χ1) is 13.0. The van der Waals surface area contributed by atoms with Crippen LogP contribution in [0, 0.1) is 0 Å². The van der Waals surface area contributed by atoms with Gasteiger partial charge in [0.2, 0.25) is 5.91 Å². The Bertz CT molecular complexity index is 876. The molecule has 3 N–H and O–H groups in total. The van der Waals surface area contributed by atoms with Crippen molar-refractivity contribution < 1.29 is 23.2 Å². The highest BCUT2D eigenvalue weighted by Gasteiger charge is 2.46. The molecule has 1 amide bonds. The summed E-state index contributed by atoms with van der Waals surface area (Å²) < 4.78 is 31.1. The lowest BCUT2D eigenvalue weighted by Gasteiger charge is -2.36. The van der Waals surface area contributed by atoms with Gasteiger partial charge in [-0.1, -0.05) is 18.2 Å². The number of amides is 1. The van der Waals surface area contributed by atoms with Gasteiger partial charge in [-0.2, -0.15) is 0 Å². The van der Waals surface area contributed by atoms with Gasteiger partial charge in [0.25, 0.3) is 0 Å². The number of benzene rings is 2. The summed E-state index contributed by atoms with van der Waals surface area (Å²) in [5.74, 6) is 0.472. The van der Waals surface area contributed by atoms with E-state index < -0.39 is 20.5 Å². The number of carbonyl (C=O) groups is 1. The SMILES string of the molecule is O=C(CC1(S(=O)(=O)c2ccc(Oc3ccccc3)cc2)CCNCC1)NO. The summed E-state index contributed by atoms with van der Waals surface area (Å²) in [5, 5.41) is 12.0. The topological polar surface area (TPSA) is 105 Å². The summed E-state index contributed by atoms with van der Waals surface area (Å²) in [6, 6.07) is 15.4. The van der Waals surface area contributed by atoms with E-state index in [0.29, 0.717) is 37.4 Å². The number of hydrogen-bond acceptors (Lipinski definition) is 6. The van der Waals surface area contributed by atoms with Crippen LogP contribution in [0.5, 0.6) is 11.5 Å². The van der Waals surface area contributed by atoms with Crippen molar-refractivity contribution in [3.63, 3.8) is 0 Å². The fourth-order valence-corrected chi connectivity index (χ4v) is 5.37. The summed E-state index contributed by atoms with van der Waals surface area (Å²) in [7, 11) is -3.79. The quantitative estimate of drug-likeness (QED) is 0.516. The second-order valence-electron chi connectivity index (χ2n) is 6.53. The molecule has 0 spiro atoms. The lowest BCUT2D eigenvalue weighted by atomic mass is 9.93. The second kappa shape index (κ2) is 8.08. The maximum atomic E-state index is 13.3. The Labute approximate surface area is 158 Å². The summed E-state index contributed by atoms with van der Waals surface area (Å²) in [5.41, 5.74) is 1.55. The lowest BCUT2D eigenvalue weighted by Crippen LogP contribution is -2.50. The summed E-state index contributed by atoms with van der Waals surface area (Å²) in [6.07, 6.45) is 0.311. The molecule has 3 rings (SSSR count). The number of ether oxygens (including phenoxy) is 1. The standard InChI is InChI=1S/C19H22N2O5S/c22-18(21-23)14-19(10-12-20-13-11-19)27(24,25)17-8-6-16(7-9-17)26-15-4-2-1-3-5-15/h1-9,20,23H,10-14H2,(H,21,22). The highest BCUT2D eigenvalue weighted by molar-refractivity contribution is 7.92. The molecule has 1 fully saturated rings. The third-order valence-corrected chi connectivity index (χ3v) is 7.39. The number of para-hydroxylation sites is 1. The lowest BCUT2D eigenvalue weighted by molar-refractivity contribution is -0.130. The van der Waals surface area contributed by atoms with Crippen molar-refractivity contribution in [3.8, 4) is 11.5 Å². The van der Waals surface area contributed by atoms with Gasteiger partial charge in [-0.15, -0.1) is 0 Å². The van der Waals surface area contributed by atoms with Gasteiger partial charge < -0.3 is 10.1 Å². The molecule has 1 heterocycles. The Balaban J connectivity index is 1.87. The average Bonchev–Trinajstić information content (AvgIpc) is 2.69. The minimum atomic E-state index is -3.79. The van der Waals surface area contributed by atoms with Crippen LogP contribution in [0.3, 0.4) is 0 Å². The van der Waals surface area contributed by atoms with Crippen molar-refractivity contribution in [2.75, 3.05) is 13.1 Å². The number of sulfone groups is 1. The highest BCUT2D eigenvalue weighted by Crippen LogP contribution is 2.37. The first-order valence-electron chi connectivity index (χ1n) is 8.68.